The molecule has 0 aromatic heterocycles. The largest absolute Gasteiger partial charge is 0 e. The first-order valence-electron chi connectivity index (χ1n) is 0.474. The van der Waals surface area contributed by atoms with E-state index in [1.54, 1.807) is 0 Å². The summed E-state index contributed by atoms with van der Waals surface area (Å²) in [5, 5.41) is 7.39. The van der Waals surface area contributed by atoms with Gasteiger partial charge in [0.2, 0.25) is 0 Å². The average Bonchev–Trinajstić information content (AvgIpc) is 0.918. The Labute approximate surface area is 63.1 Å². The Hall–Kier alpha value is 1.43. The van der Waals surface area contributed by atoms with E-state index >= 15 is 0 Å². The van der Waals surface area contributed by atoms with Crippen LogP contribution in [0.3, 0.4) is 0 Å². The molecule has 1 nitrogen and oxygen atoms in total. The molecule has 0 aliphatic rings. The number of rotatable bonds is 0. The van der Waals surface area contributed by atoms with E-state index in [1.807, 2.05) is 3.10 Å². The normalized spacial score (nSPS) is 2.25. The molecule has 0 aliphatic carbocycles. The summed E-state index contributed by atoms with van der Waals surface area (Å²) in [4.78, 5) is 0. The van der Waals surface area contributed by atoms with Crippen LogP contribution in [0.1, 0.15) is 0 Å². The summed E-state index contributed by atoms with van der Waals surface area (Å²) in [7, 11) is 0. The predicted octanol–water partition coefficient (Wildman–Crippen LogP) is 0.0143. The third-order valence-electron chi connectivity index (χ3n) is 0. The van der Waals surface area contributed by atoms with Gasteiger partial charge in [-0.1, -0.05) is 0 Å². The number of hydrogen-bond acceptors (Lipinski definition) is 1. The van der Waals surface area contributed by atoms with Crippen molar-refractivity contribution in [2.45, 2.75) is 0 Å². The molecule has 0 bridgehead atoms. The minimum Gasteiger partial charge on any atom is 0 e. The van der Waals surface area contributed by atoms with E-state index in [1.165, 1.54) is 0 Å². The van der Waals surface area contributed by atoms with Crippen molar-refractivity contribution in [1.29, 1.82) is 5.26 Å². The van der Waals surface area contributed by atoms with E-state index < -0.39 is 0 Å². The summed E-state index contributed by atoms with van der Waals surface area (Å²) in [5.74, 6) is 0. The van der Waals surface area contributed by atoms with Crippen LogP contribution in [-0.4, -0.2) is 0 Å². The molecule has 0 amide bonds. The Bertz CT molecular complexity index is 29.5. The number of nitrogens with zero attached hydrogens (tertiary/aromatic N) is 1. The van der Waals surface area contributed by atoms with Crippen molar-refractivity contribution in [3.63, 3.8) is 0 Å². The van der Waals surface area contributed by atoms with Gasteiger partial charge in [-0.25, -0.2) is 0 Å². The van der Waals surface area contributed by atoms with Crippen LogP contribution in [-0.2, 0) is 26.2 Å². The summed E-state index contributed by atoms with van der Waals surface area (Å²) in [5.41, 5.74) is 0. The van der Waals surface area contributed by atoms with Crippen molar-refractivity contribution in [2.24, 2.45) is 0 Å². The first-order valence-corrected chi connectivity index (χ1v) is 2.56. The van der Waals surface area contributed by atoms with Gasteiger partial charge in [0.15, 0.2) is 0 Å². The fourth-order valence-electron chi connectivity index (χ4n) is 0. The molecule has 0 unspecified atom stereocenters. The molecule has 0 spiro atoms. The topological polar surface area (TPSA) is 23.8 Å². The molecule has 3 heteroatoms. The van der Waals surface area contributed by atoms with Gasteiger partial charge in [0.1, 0.15) is 0 Å². The van der Waals surface area contributed by atoms with Crippen LogP contribution in [0.4, 0.5) is 0 Å². The minimum atomic E-state index is 0. The molecule has 0 heterocycles. The van der Waals surface area contributed by atoms with E-state index in [0.29, 0.717) is 29.4 Å². The Morgan fingerprint density at radius 2 is 1.75 bits per heavy atom. The molecule has 0 saturated carbocycles. The predicted molar refractivity (Wildman–Crippen MR) is 5.61 cm³/mol. The first-order chi connectivity index (χ1) is 1.41. The summed E-state index contributed by atoms with van der Waals surface area (Å²) >= 11 is 0.514. The maximum atomic E-state index is 7.39. The van der Waals surface area contributed by atoms with Crippen LogP contribution < -0.4 is 0 Å². The van der Waals surface area contributed by atoms with Gasteiger partial charge in [-0.05, 0) is 0 Å². The van der Waals surface area contributed by atoms with Gasteiger partial charge in [-0.3, -0.25) is 0 Å². The standard InChI is InChI=1S/CN.U.Zr/c1-2;;. The summed E-state index contributed by atoms with van der Waals surface area (Å²) in [6.45, 7) is 0. The van der Waals surface area contributed by atoms with Crippen molar-refractivity contribution in [3.8, 4) is 3.10 Å². The zero-order valence-electron chi connectivity index (χ0n) is 1.95. The molecule has 4 heavy (non-hydrogen) atoms. The van der Waals surface area contributed by atoms with Crippen molar-refractivity contribution in [1.82, 2.24) is 0 Å². The maximum absolute atomic E-state index is 7.39. The maximum Gasteiger partial charge on any atom is 0 e. The molecular weight excluding hydrogens is 355 g/mol. The zero-order valence-corrected chi connectivity index (χ0v) is 8.57. The number of hydrogen-bond donors (Lipinski definition) is 0. The summed E-state index contributed by atoms with van der Waals surface area (Å²) in [6, 6.07) is 0. The molecule has 0 aliphatic heterocycles. The summed E-state index contributed by atoms with van der Waals surface area (Å²) < 4.78 is 1.92. The third-order valence-corrected chi connectivity index (χ3v) is 0. The molecule has 0 fully saturated rings. The fraction of sp³-hybridized carbons (Fsp3) is 0. The third kappa shape index (κ3) is 9.92. The minimum absolute atomic E-state index is 0. The van der Waals surface area contributed by atoms with Crippen molar-refractivity contribution >= 4 is 0 Å². The summed E-state index contributed by atoms with van der Waals surface area (Å²) in [6.07, 6.45) is 0. The van der Waals surface area contributed by atoms with Gasteiger partial charge in [0.05, 0.1) is 0 Å². The van der Waals surface area contributed by atoms with Crippen LogP contribution in [0.2, 0.25) is 0 Å². The van der Waals surface area contributed by atoms with Crippen molar-refractivity contribution in [2.75, 3.05) is 0 Å². The number of nitriles is 1. The monoisotopic (exact) mass is 354 g/mol. The Morgan fingerprint density at radius 3 is 1.75 bits per heavy atom. The molecule has 0 N–H and O–H groups in total. The Balaban J connectivity index is 0. The molecule has 0 atom stereocenters. The second kappa shape index (κ2) is 8.83. The molecule has 0 saturated heterocycles. The smallest absolute Gasteiger partial charge is 0 e. The molecule has 0 rings (SSSR count). The zero-order chi connectivity index (χ0) is 2.71. The quantitative estimate of drug-likeness (QED) is 0.601. The Morgan fingerprint density at radius 1 is 1.75 bits per heavy atom. The van der Waals surface area contributed by atoms with E-state index in [9.17, 15) is 0 Å². The molecule has 0 radical (unpaired) electrons. The van der Waals surface area contributed by atoms with Gasteiger partial charge in [0.25, 0.3) is 0 Å². The van der Waals surface area contributed by atoms with Crippen LogP contribution in [0.5, 0.6) is 0 Å². The SMILES string of the molecule is N#[C][U].[Zr]. The van der Waals surface area contributed by atoms with Crippen molar-refractivity contribution in [3.05, 3.63) is 0 Å². The van der Waals surface area contributed by atoms with E-state index in [2.05, 4.69) is 0 Å². The molecular formula is CNUZr. The van der Waals surface area contributed by atoms with Crippen molar-refractivity contribution < 1.29 is 55.6 Å². The van der Waals surface area contributed by atoms with Gasteiger partial charge in [0, 0.05) is 26.2 Å². The van der Waals surface area contributed by atoms with E-state index in [4.69, 9.17) is 5.26 Å². The average molecular weight is 355 g/mol. The Kier molecular flexibility index (Phi) is 20.0. The van der Waals surface area contributed by atoms with E-state index in [0.717, 1.165) is 0 Å². The van der Waals surface area contributed by atoms with Crippen LogP contribution in [0, 0.1) is 37.8 Å². The fourth-order valence-corrected chi connectivity index (χ4v) is 0. The molecule has 0 aromatic rings. The molecule has 17 valence electrons. The molecule has 0 aromatic carbocycles. The van der Waals surface area contributed by atoms with Gasteiger partial charge < -0.3 is 0 Å². The first kappa shape index (κ1) is 9.06. The van der Waals surface area contributed by atoms with E-state index in [-0.39, 0.29) is 26.2 Å². The van der Waals surface area contributed by atoms with Gasteiger partial charge in [-0.15, -0.1) is 0 Å². The van der Waals surface area contributed by atoms with Gasteiger partial charge >= 0.3 is 37.8 Å². The van der Waals surface area contributed by atoms with Gasteiger partial charge in [-0.2, -0.15) is 0 Å². The second-order valence-corrected chi connectivity index (χ2v) is 1.04. The van der Waals surface area contributed by atoms with Crippen LogP contribution in [0.15, 0.2) is 0 Å². The second-order valence-electron chi connectivity index (χ2n) is 0.112. The van der Waals surface area contributed by atoms with Crippen LogP contribution >= 0.6 is 0 Å². The van der Waals surface area contributed by atoms with Crippen LogP contribution in [0.25, 0.3) is 0 Å².